The molecule has 1 aliphatic rings. The Hall–Kier alpha value is -1.71. The summed E-state index contributed by atoms with van der Waals surface area (Å²) in [6.45, 7) is 3.61. The van der Waals surface area contributed by atoms with Crippen LogP contribution in [0.3, 0.4) is 0 Å². The summed E-state index contributed by atoms with van der Waals surface area (Å²) in [6, 6.07) is 3.67. The highest BCUT2D eigenvalue weighted by atomic mass is 16.5. The lowest BCUT2D eigenvalue weighted by atomic mass is 10.1. The van der Waals surface area contributed by atoms with E-state index in [-0.39, 0.29) is 5.91 Å². The summed E-state index contributed by atoms with van der Waals surface area (Å²) >= 11 is 0. The van der Waals surface area contributed by atoms with Crippen LogP contribution in [0.5, 0.6) is 5.75 Å². The number of carbonyl (C=O) groups is 1. The molecule has 0 fully saturated rings. The van der Waals surface area contributed by atoms with Gasteiger partial charge in [0, 0.05) is 0 Å². The first-order valence-electron chi connectivity index (χ1n) is 4.45. The second-order valence-electron chi connectivity index (χ2n) is 3.48. The predicted octanol–water partition coefficient (Wildman–Crippen LogP) is 1.30. The van der Waals surface area contributed by atoms with Crippen molar-refractivity contribution < 1.29 is 9.53 Å². The topological polar surface area (TPSA) is 64.3 Å². The molecule has 1 amide bonds. The Balaban J connectivity index is 2.51. The quantitative estimate of drug-likeness (QED) is 0.609. The number of nitrogens with one attached hydrogen (secondary N) is 1. The average Bonchev–Trinajstić information content (AvgIpc) is 2.08. The molecule has 0 saturated carbocycles. The van der Waals surface area contributed by atoms with Gasteiger partial charge in [-0.25, -0.2) is 0 Å². The molecule has 0 bridgehead atoms. The molecule has 0 radical (unpaired) electrons. The number of anilines is 2. The van der Waals surface area contributed by atoms with E-state index in [1.54, 1.807) is 6.92 Å². The fourth-order valence-corrected chi connectivity index (χ4v) is 1.49. The monoisotopic (exact) mass is 192 g/mol. The molecule has 0 unspecified atom stereocenters. The highest BCUT2D eigenvalue weighted by Gasteiger charge is 2.25. The van der Waals surface area contributed by atoms with Crippen molar-refractivity contribution in [1.29, 1.82) is 0 Å². The number of nitrogens with two attached hydrogens (primary N) is 1. The first-order chi connectivity index (χ1) is 6.58. The van der Waals surface area contributed by atoms with E-state index in [1.165, 1.54) is 0 Å². The van der Waals surface area contributed by atoms with E-state index < -0.39 is 6.10 Å². The number of nitrogen functional groups attached to an aromatic ring is 1. The molecular formula is C10H12N2O2. The number of fused-ring (bicyclic) bond motifs is 1. The van der Waals surface area contributed by atoms with Crippen molar-refractivity contribution in [2.45, 2.75) is 20.0 Å². The molecule has 1 aromatic rings. The third-order valence-electron chi connectivity index (χ3n) is 2.18. The summed E-state index contributed by atoms with van der Waals surface area (Å²) in [7, 11) is 0. The number of hydrogen-bond acceptors (Lipinski definition) is 3. The van der Waals surface area contributed by atoms with E-state index in [4.69, 9.17) is 10.5 Å². The van der Waals surface area contributed by atoms with E-state index in [0.717, 1.165) is 5.56 Å². The first-order valence-corrected chi connectivity index (χ1v) is 4.45. The van der Waals surface area contributed by atoms with Gasteiger partial charge in [-0.1, -0.05) is 0 Å². The number of ether oxygens (including phenoxy) is 1. The number of benzene rings is 1. The molecule has 0 spiro atoms. The predicted molar refractivity (Wildman–Crippen MR) is 54.3 cm³/mol. The van der Waals surface area contributed by atoms with Crippen LogP contribution in [0, 0.1) is 6.92 Å². The lowest BCUT2D eigenvalue weighted by Gasteiger charge is -2.24. The molecule has 0 saturated heterocycles. The van der Waals surface area contributed by atoms with Gasteiger partial charge in [0.05, 0.1) is 11.4 Å². The standard InChI is InChI=1S/C10H12N2O2/c1-5-3-7(11)9-8(4-5)12-10(13)6(2)14-9/h3-4,6H,11H2,1-2H3,(H,12,13)/t6-/m0/s1. The number of carbonyl (C=O) groups excluding carboxylic acids is 1. The largest absolute Gasteiger partial charge is 0.477 e. The van der Waals surface area contributed by atoms with Gasteiger partial charge in [-0.2, -0.15) is 0 Å². The van der Waals surface area contributed by atoms with Crippen molar-refractivity contribution in [3.8, 4) is 5.75 Å². The van der Waals surface area contributed by atoms with E-state index >= 15 is 0 Å². The van der Waals surface area contributed by atoms with Gasteiger partial charge in [-0.3, -0.25) is 4.79 Å². The van der Waals surface area contributed by atoms with Gasteiger partial charge >= 0.3 is 0 Å². The number of rotatable bonds is 0. The van der Waals surface area contributed by atoms with E-state index in [0.29, 0.717) is 17.1 Å². The molecule has 3 N–H and O–H groups in total. The highest BCUT2D eigenvalue weighted by molar-refractivity contribution is 5.99. The van der Waals surface area contributed by atoms with Crippen LogP contribution >= 0.6 is 0 Å². The molecule has 1 aliphatic heterocycles. The Morgan fingerprint density at radius 1 is 1.50 bits per heavy atom. The van der Waals surface area contributed by atoms with Gasteiger partial charge in [-0.15, -0.1) is 0 Å². The zero-order valence-electron chi connectivity index (χ0n) is 8.13. The highest BCUT2D eigenvalue weighted by Crippen LogP contribution is 2.36. The van der Waals surface area contributed by atoms with Crippen molar-refractivity contribution in [2.24, 2.45) is 0 Å². The molecule has 0 aliphatic carbocycles. The lowest BCUT2D eigenvalue weighted by molar-refractivity contribution is -0.122. The van der Waals surface area contributed by atoms with Crippen molar-refractivity contribution in [2.75, 3.05) is 11.1 Å². The fraction of sp³-hybridized carbons (Fsp3) is 0.300. The molecule has 74 valence electrons. The minimum atomic E-state index is -0.479. The molecule has 14 heavy (non-hydrogen) atoms. The molecule has 0 aromatic heterocycles. The van der Waals surface area contributed by atoms with Crippen LogP contribution in [-0.2, 0) is 4.79 Å². The van der Waals surface area contributed by atoms with E-state index in [1.807, 2.05) is 19.1 Å². The van der Waals surface area contributed by atoms with Crippen LogP contribution in [0.15, 0.2) is 12.1 Å². The Bertz CT molecular complexity index is 401. The summed E-state index contributed by atoms with van der Waals surface area (Å²) in [6.07, 6.45) is -0.479. The van der Waals surface area contributed by atoms with E-state index in [9.17, 15) is 4.79 Å². The minimum absolute atomic E-state index is 0.137. The van der Waals surface area contributed by atoms with Gasteiger partial charge in [0.1, 0.15) is 0 Å². The number of aryl methyl sites for hydroxylation is 1. The Morgan fingerprint density at radius 2 is 2.21 bits per heavy atom. The van der Waals surface area contributed by atoms with Crippen molar-refractivity contribution >= 4 is 17.3 Å². The molecule has 4 nitrogen and oxygen atoms in total. The smallest absolute Gasteiger partial charge is 0.265 e. The van der Waals surface area contributed by atoms with Gasteiger partial charge in [0.25, 0.3) is 5.91 Å². The van der Waals surface area contributed by atoms with Gasteiger partial charge in [0.2, 0.25) is 0 Å². The molecule has 4 heteroatoms. The van der Waals surface area contributed by atoms with Crippen LogP contribution in [0.4, 0.5) is 11.4 Å². The summed E-state index contributed by atoms with van der Waals surface area (Å²) in [5, 5.41) is 2.75. The summed E-state index contributed by atoms with van der Waals surface area (Å²) in [5.74, 6) is 0.435. The summed E-state index contributed by atoms with van der Waals surface area (Å²) in [5.41, 5.74) is 7.99. The first kappa shape index (κ1) is 8.87. The second-order valence-corrected chi connectivity index (χ2v) is 3.48. The van der Waals surface area contributed by atoms with Crippen molar-refractivity contribution in [3.63, 3.8) is 0 Å². The maximum atomic E-state index is 11.3. The Labute approximate surface area is 82.1 Å². The molecular weight excluding hydrogens is 180 g/mol. The van der Waals surface area contributed by atoms with Crippen molar-refractivity contribution in [3.05, 3.63) is 17.7 Å². The third kappa shape index (κ3) is 1.28. The fourth-order valence-electron chi connectivity index (χ4n) is 1.49. The maximum Gasteiger partial charge on any atom is 0.265 e. The zero-order valence-corrected chi connectivity index (χ0v) is 8.13. The number of amides is 1. The van der Waals surface area contributed by atoms with Crippen LogP contribution in [0.25, 0.3) is 0 Å². The molecule has 1 heterocycles. The summed E-state index contributed by atoms with van der Waals surface area (Å²) in [4.78, 5) is 11.3. The third-order valence-corrected chi connectivity index (χ3v) is 2.18. The van der Waals surface area contributed by atoms with Gasteiger partial charge in [0.15, 0.2) is 11.9 Å². The zero-order chi connectivity index (χ0) is 10.3. The Morgan fingerprint density at radius 3 is 2.93 bits per heavy atom. The minimum Gasteiger partial charge on any atom is -0.477 e. The van der Waals surface area contributed by atoms with Gasteiger partial charge in [-0.05, 0) is 31.5 Å². The van der Waals surface area contributed by atoms with Crippen LogP contribution in [0.1, 0.15) is 12.5 Å². The summed E-state index contributed by atoms with van der Waals surface area (Å²) < 4.78 is 5.39. The van der Waals surface area contributed by atoms with Crippen molar-refractivity contribution in [1.82, 2.24) is 0 Å². The lowest BCUT2D eigenvalue weighted by Crippen LogP contribution is -2.34. The molecule has 1 atom stereocenters. The van der Waals surface area contributed by atoms with Crippen LogP contribution < -0.4 is 15.8 Å². The van der Waals surface area contributed by atoms with Crippen LogP contribution in [0.2, 0.25) is 0 Å². The normalized spacial score (nSPS) is 19.6. The molecule has 2 rings (SSSR count). The SMILES string of the molecule is Cc1cc(N)c2c(c1)NC(=O)[C@H](C)O2. The Kier molecular flexibility index (Phi) is 1.84. The van der Waals surface area contributed by atoms with E-state index in [2.05, 4.69) is 5.32 Å². The maximum absolute atomic E-state index is 11.3. The molecule has 1 aromatic carbocycles. The number of hydrogen-bond donors (Lipinski definition) is 2. The van der Waals surface area contributed by atoms with Crippen LogP contribution in [-0.4, -0.2) is 12.0 Å². The second kappa shape index (κ2) is 2.90. The van der Waals surface area contributed by atoms with Gasteiger partial charge < -0.3 is 15.8 Å². The average molecular weight is 192 g/mol.